The van der Waals surface area contributed by atoms with E-state index in [9.17, 15) is 4.79 Å². The molecule has 1 aliphatic carbocycles. The van der Waals surface area contributed by atoms with Gasteiger partial charge in [-0.05, 0) is 25.0 Å². The molecular formula is C14H15BrN4O2. The van der Waals surface area contributed by atoms with Crippen LogP contribution in [0, 0.1) is 0 Å². The largest absolute Gasteiger partial charge is 0.497 e. The van der Waals surface area contributed by atoms with E-state index in [1.807, 2.05) is 6.07 Å². The summed E-state index contributed by atoms with van der Waals surface area (Å²) in [6, 6.07) is 5.32. The summed E-state index contributed by atoms with van der Waals surface area (Å²) in [7, 11) is 1.57. The number of H-pyrrole nitrogens is 1. The first-order valence-corrected chi connectivity index (χ1v) is 7.37. The van der Waals surface area contributed by atoms with Crippen molar-refractivity contribution in [2.45, 2.75) is 18.8 Å². The Balaban J connectivity index is 1.81. The maximum absolute atomic E-state index is 12.3. The van der Waals surface area contributed by atoms with Gasteiger partial charge in [0.15, 0.2) is 5.69 Å². The zero-order chi connectivity index (χ0) is 15.0. The Hall–Kier alpha value is -2.02. The number of nitrogens with zero attached hydrogens (tertiary/aromatic N) is 1. The van der Waals surface area contributed by atoms with Crippen LogP contribution in [0.15, 0.2) is 22.7 Å². The lowest BCUT2D eigenvalue weighted by Crippen LogP contribution is -2.14. The second-order valence-corrected chi connectivity index (χ2v) is 5.92. The van der Waals surface area contributed by atoms with E-state index >= 15 is 0 Å². The SMILES string of the molecule is COc1cc(Br)cc(NC(=O)c2n[nH]c(C3CC3)c2N)c1. The number of nitrogen functional groups attached to an aromatic ring is 1. The van der Waals surface area contributed by atoms with Gasteiger partial charge in [0.1, 0.15) is 5.75 Å². The molecule has 1 aromatic carbocycles. The van der Waals surface area contributed by atoms with Crippen molar-refractivity contribution in [2.75, 3.05) is 18.2 Å². The first-order chi connectivity index (χ1) is 10.1. The lowest BCUT2D eigenvalue weighted by atomic mass is 10.2. The van der Waals surface area contributed by atoms with E-state index in [1.54, 1.807) is 19.2 Å². The molecule has 0 spiro atoms. The summed E-state index contributed by atoms with van der Waals surface area (Å²) in [5.41, 5.74) is 8.15. The lowest BCUT2D eigenvalue weighted by Gasteiger charge is -2.07. The van der Waals surface area contributed by atoms with Gasteiger partial charge >= 0.3 is 0 Å². The molecule has 1 aliphatic rings. The Morgan fingerprint density at radius 3 is 2.90 bits per heavy atom. The molecule has 0 atom stereocenters. The number of nitrogens with one attached hydrogen (secondary N) is 2. The standard InChI is InChI=1S/C14H15BrN4O2/c1-21-10-5-8(15)4-9(6-10)17-14(20)13-11(16)12(18-19-13)7-2-3-7/h4-7H,2-3,16H2,1H3,(H,17,20)(H,18,19). The van der Waals surface area contributed by atoms with Gasteiger partial charge in [-0.25, -0.2) is 0 Å². The highest BCUT2D eigenvalue weighted by Crippen LogP contribution is 2.42. The summed E-state index contributed by atoms with van der Waals surface area (Å²) < 4.78 is 5.97. The summed E-state index contributed by atoms with van der Waals surface area (Å²) in [5.74, 6) is 0.731. The molecule has 0 aliphatic heterocycles. The minimum atomic E-state index is -0.337. The molecule has 4 N–H and O–H groups in total. The van der Waals surface area contributed by atoms with E-state index in [1.165, 1.54) is 0 Å². The van der Waals surface area contributed by atoms with E-state index in [2.05, 4.69) is 31.4 Å². The quantitative estimate of drug-likeness (QED) is 0.790. The van der Waals surface area contributed by atoms with Gasteiger partial charge in [0.2, 0.25) is 0 Å². The number of carbonyl (C=O) groups is 1. The van der Waals surface area contributed by atoms with Crippen LogP contribution in [0.2, 0.25) is 0 Å². The average Bonchev–Trinajstić information content (AvgIpc) is 3.21. The molecule has 21 heavy (non-hydrogen) atoms. The Bertz CT molecular complexity index is 694. The smallest absolute Gasteiger partial charge is 0.278 e. The van der Waals surface area contributed by atoms with E-state index in [0.29, 0.717) is 23.0 Å². The van der Waals surface area contributed by atoms with Crippen molar-refractivity contribution < 1.29 is 9.53 Å². The molecule has 1 saturated carbocycles. The van der Waals surface area contributed by atoms with Crippen molar-refractivity contribution in [1.29, 1.82) is 0 Å². The van der Waals surface area contributed by atoms with Gasteiger partial charge in [-0.15, -0.1) is 0 Å². The van der Waals surface area contributed by atoms with E-state index < -0.39 is 0 Å². The Morgan fingerprint density at radius 1 is 1.48 bits per heavy atom. The third kappa shape index (κ3) is 2.87. The van der Waals surface area contributed by atoms with Gasteiger partial charge in [0.25, 0.3) is 5.91 Å². The zero-order valence-corrected chi connectivity index (χ0v) is 13.0. The number of methoxy groups -OCH3 is 1. The van der Waals surface area contributed by atoms with Crippen molar-refractivity contribution in [1.82, 2.24) is 10.2 Å². The fraction of sp³-hybridized carbons (Fsp3) is 0.286. The molecule has 0 unspecified atom stereocenters. The van der Waals surface area contributed by atoms with Crippen molar-refractivity contribution in [3.63, 3.8) is 0 Å². The van der Waals surface area contributed by atoms with Crippen molar-refractivity contribution in [3.8, 4) is 5.75 Å². The molecule has 110 valence electrons. The molecule has 1 fully saturated rings. The summed E-state index contributed by atoms with van der Waals surface area (Å²) in [6.07, 6.45) is 2.19. The maximum Gasteiger partial charge on any atom is 0.278 e. The van der Waals surface area contributed by atoms with Crippen LogP contribution in [-0.4, -0.2) is 23.2 Å². The minimum absolute atomic E-state index is 0.232. The van der Waals surface area contributed by atoms with E-state index in [0.717, 1.165) is 23.0 Å². The van der Waals surface area contributed by atoms with Gasteiger partial charge in [0, 0.05) is 22.1 Å². The summed E-state index contributed by atoms with van der Waals surface area (Å²) in [5, 5.41) is 9.68. The topological polar surface area (TPSA) is 93.0 Å². The van der Waals surface area contributed by atoms with Gasteiger partial charge < -0.3 is 15.8 Å². The normalized spacial score (nSPS) is 14.0. The monoisotopic (exact) mass is 350 g/mol. The fourth-order valence-electron chi connectivity index (χ4n) is 2.16. The van der Waals surface area contributed by atoms with Crippen molar-refractivity contribution >= 4 is 33.2 Å². The van der Waals surface area contributed by atoms with Crippen molar-refractivity contribution in [3.05, 3.63) is 34.1 Å². The van der Waals surface area contributed by atoms with Gasteiger partial charge in [-0.3, -0.25) is 9.89 Å². The van der Waals surface area contributed by atoms with Gasteiger partial charge in [-0.2, -0.15) is 5.10 Å². The molecule has 6 nitrogen and oxygen atoms in total. The predicted octanol–water partition coefficient (Wildman–Crippen LogP) is 2.89. The third-order valence-corrected chi connectivity index (χ3v) is 3.86. The molecule has 7 heteroatoms. The number of benzene rings is 1. The number of carbonyl (C=O) groups excluding carboxylic acids is 1. The van der Waals surface area contributed by atoms with E-state index in [4.69, 9.17) is 10.5 Å². The molecule has 0 radical (unpaired) electrons. The molecule has 0 saturated heterocycles. The number of hydrogen-bond acceptors (Lipinski definition) is 4. The second kappa shape index (κ2) is 5.40. The van der Waals surface area contributed by atoms with Gasteiger partial charge in [0.05, 0.1) is 18.5 Å². The molecule has 1 amide bonds. The fourth-order valence-corrected chi connectivity index (χ4v) is 2.64. The maximum atomic E-state index is 12.3. The Labute approximate surface area is 130 Å². The number of ether oxygens (including phenoxy) is 1. The van der Waals surface area contributed by atoms with Crippen molar-refractivity contribution in [2.24, 2.45) is 0 Å². The number of aromatic amines is 1. The molecule has 1 aromatic heterocycles. The number of anilines is 2. The summed E-state index contributed by atoms with van der Waals surface area (Å²) >= 11 is 3.37. The number of amides is 1. The number of nitrogens with two attached hydrogens (primary N) is 1. The molecule has 3 rings (SSSR count). The first kappa shape index (κ1) is 13.9. The molecule has 2 aromatic rings. The van der Waals surface area contributed by atoms with Crippen LogP contribution in [0.3, 0.4) is 0 Å². The van der Waals surface area contributed by atoms with Gasteiger partial charge in [-0.1, -0.05) is 15.9 Å². The van der Waals surface area contributed by atoms with Crippen LogP contribution in [0.4, 0.5) is 11.4 Å². The average molecular weight is 351 g/mol. The van der Waals surface area contributed by atoms with E-state index in [-0.39, 0.29) is 11.6 Å². The number of rotatable bonds is 4. The number of aromatic nitrogens is 2. The number of hydrogen-bond donors (Lipinski definition) is 3. The first-order valence-electron chi connectivity index (χ1n) is 6.58. The molecular weight excluding hydrogens is 336 g/mol. The summed E-state index contributed by atoms with van der Waals surface area (Å²) in [4.78, 5) is 12.3. The van der Waals surface area contributed by atoms with Crippen LogP contribution >= 0.6 is 15.9 Å². The minimum Gasteiger partial charge on any atom is -0.497 e. The number of halogens is 1. The highest BCUT2D eigenvalue weighted by Gasteiger charge is 2.30. The molecule has 1 heterocycles. The summed E-state index contributed by atoms with van der Waals surface area (Å²) in [6.45, 7) is 0. The van der Waals surface area contributed by atoms with Crippen LogP contribution in [-0.2, 0) is 0 Å². The third-order valence-electron chi connectivity index (χ3n) is 3.40. The molecule has 0 bridgehead atoms. The predicted molar refractivity (Wildman–Crippen MR) is 83.6 cm³/mol. The second-order valence-electron chi connectivity index (χ2n) is 5.01. The van der Waals surface area contributed by atoms with Crippen LogP contribution in [0.1, 0.15) is 34.9 Å². The Morgan fingerprint density at radius 2 is 2.24 bits per heavy atom. The highest BCUT2D eigenvalue weighted by molar-refractivity contribution is 9.10. The van der Waals surface area contributed by atoms with Crippen LogP contribution in [0.25, 0.3) is 0 Å². The Kier molecular flexibility index (Phi) is 3.59. The highest BCUT2D eigenvalue weighted by atomic mass is 79.9. The zero-order valence-electron chi connectivity index (χ0n) is 11.4. The van der Waals surface area contributed by atoms with Crippen LogP contribution < -0.4 is 15.8 Å². The van der Waals surface area contributed by atoms with Crippen LogP contribution in [0.5, 0.6) is 5.75 Å². The lowest BCUT2D eigenvalue weighted by molar-refractivity contribution is 0.102.